The number of carbonyl (C=O) groups excluding carboxylic acids is 1. The van der Waals surface area contributed by atoms with E-state index >= 15 is 0 Å². The standard InChI is InChI=1S/C14H16N4O2S.ClH/c1-20-12-4-5-15-14(16-12)18-8-6-17(7-9-18)13(19)11-3-2-10-21-11;/h2-5,10H,6-9H2,1H3;1H. The lowest BCUT2D eigenvalue weighted by Gasteiger charge is -2.34. The molecule has 0 saturated carbocycles. The Kier molecular flexibility index (Phi) is 5.57. The van der Waals surface area contributed by atoms with Gasteiger partial charge in [-0.15, -0.1) is 23.7 Å². The lowest BCUT2D eigenvalue weighted by Crippen LogP contribution is -2.49. The van der Waals surface area contributed by atoms with Crippen LogP contribution in [0.2, 0.25) is 0 Å². The van der Waals surface area contributed by atoms with Crippen LogP contribution >= 0.6 is 23.7 Å². The van der Waals surface area contributed by atoms with E-state index < -0.39 is 0 Å². The smallest absolute Gasteiger partial charge is 0.264 e. The molecule has 118 valence electrons. The molecular weight excluding hydrogens is 324 g/mol. The van der Waals surface area contributed by atoms with Gasteiger partial charge in [0.25, 0.3) is 5.91 Å². The third-order valence-electron chi connectivity index (χ3n) is 3.41. The molecule has 0 aliphatic carbocycles. The zero-order valence-corrected chi connectivity index (χ0v) is 13.8. The molecule has 1 aliphatic heterocycles. The van der Waals surface area contributed by atoms with Gasteiger partial charge in [0, 0.05) is 38.4 Å². The molecule has 1 fully saturated rings. The molecule has 0 aromatic carbocycles. The second-order valence-corrected chi connectivity index (χ2v) is 5.60. The van der Waals surface area contributed by atoms with Crippen molar-refractivity contribution in [3.05, 3.63) is 34.7 Å². The monoisotopic (exact) mass is 340 g/mol. The average Bonchev–Trinajstić information content (AvgIpc) is 3.09. The first-order valence-corrected chi connectivity index (χ1v) is 7.60. The molecule has 1 saturated heterocycles. The highest BCUT2D eigenvalue weighted by atomic mass is 35.5. The van der Waals surface area contributed by atoms with E-state index in [1.54, 1.807) is 19.4 Å². The van der Waals surface area contributed by atoms with Crippen molar-refractivity contribution in [2.45, 2.75) is 0 Å². The average molecular weight is 341 g/mol. The van der Waals surface area contributed by atoms with Crippen molar-refractivity contribution in [3.63, 3.8) is 0 Å². The number of hydrogen-bond donors (Lipinski definition) is 0. The SMILES string of the molecule is COc1ccnc(N2CCN(C(=O)c3cccs3)CC2)n1.Cl. The Morgan fingerprint density at radius 2 is 2.05 bits per heavy atom. The summed E-state index contributed by atoms with van der Waals surface area (Å²) in [6.07, 6.45) is 1.68. The maximum absolute atomic E-state index is 12.3. The molecule has 1 amide bonds. The number of hydrogen-bond acceptors (Lipinski definition) is 6. The van der Waals surface area contributed by atoms with Crippen molar-refractivity contribution in [2.24, 2.45) is 0 Å². The molecule has 2 aromatic heterocycles. The first-order chi connectivity index (χ1) is 10.3. The second kappa shape index (κ2) is 7.42. The molecule has 3 rings (SSSR count). The Balaban J connectivity index is 0.00000176. The van der Waals surface area contributed by atoms with E-state index in [1.807, 2.05) is 22.4 Å². The highest BCUT2D eigenvalue weighted by Crippen LogP contribution is 2.17. The normalized spacial score (nSPS) is 14.4. The fourth-order valence-electron chi connectivity index (χ4n) is 2.26. The number of anilines is 1. The second-order valence-electron chi connectivity index (χ2n) is 4.66. The maximum Gasteiger partial charge on any atom is 0.264 e. The number of aromatic nitrogens is 2. The van der Waals surface area contributed by atoms with Gasteiger partial charge in [-0.25, -0.2) is 4.98 Å². The van der Waals surface area contributed by atoms with Crippen LogP contribution in [0.15, 0.2) is 29.8 Å². The molecule has 0 atom stereocenters. The van der Waals surface area contributed by atoms with E-state index in [2.05, 4.69) is 14.9 Å². The molecule has 1 aliphatic rings. The third-order valence-corrected chi connectivity index (χ3v) is 4.27. The lowest BCUT2D eigenvalue weighted by atomic mass is 10.3. The molecule has 0 radical (unpaired) electrons. The van der Waals surface area contributed by atoms with Gasteiger partial charge in [0.15, 0.2) is 0 Å². The van der Waals surface area contributed by atoms with Crippen molar-refractivity contribution >= 4 is 35.6 Å². The minimum Gasteiger partial charge on any atom is -0.481 e. The predicted molar refractivity (Wildman–Crippen MR) is 88.3 cm³/mol. The zero-order valence-electron chi connectivity index (χ0n) is 12.1. The van der Waals surface area contributed by atoms with Crippen LogP contribution in [0.5, 0.6) is 5.88 Å². The van der Waals surface area contributed by atoms with E-state index in [0.29, 0.717) is 24.9 Å². The molecule has 0 bridgehead atoms. The number of nitrogens with zero attached hydrogens (tertiary/aromatic N) is 4. The van der Waals surface area contributed by atoms with Gasteiger partial charge in [0.1, 0.15) is 0 Å². The van der Waals surface area contributed by atoms with Crippen LogP contribution in [0.1, 0.15) is 9.67 Å². The summed E-state index contributed by atoms with van der Waals surface area (Å²) in [6.45, 7) is 2.81. The summed E-state index contributed by atoms with van der Waals surface area (Å²) in [7, 11) is 1.59. The Morgan fingerprint density at radius 3 is 2.68 bits per heavy atom. The van der Waals surface area contributed by atoms with Crippen LogP contribution in [0, 0.1) is 0 Å². The minimum absolute atomic E-state index is 0. The molecule has 6 nitrogen and oxygen atoms in total. The predicted octanol–water partition coefficient (Wildman–Crippen LogP) is 1.93. The van der Waals surface area contributed by atoms with Crippen molar-refractivity contribution in [1.29, 1.82) is 0 Å². The van der Waals surface area contributed by atoms with Crippen LogP contribution in [-0.2, 0) is 0 Å². The van der Waals surface area contributed by atoms with Crippen LogP contribution < -0.4 is 9.64 Å². The summed E-state index contributed by atoms with van der Waals surface area (Å²) in [6, 6.07) is 5.49. The highest BCUT2D eigenvalue weighted by Gasteiger charge is 2.24. The number of carbonyl (C=O) groups is 1. The van der Waals surface area contributed by atoms with E-state index in [0.717, 1.165) is 18.0 Å². The third kappa shape index (κ3) is 3.48. The molecule has 2 aromatic rings. The number of amides is 1. The van der Waals surface area contributed by atoms with Gasteiger partial charge in [-0.1, -0.05) is 6.07 Å². The van der Waals surface area contributed by atoms with E-state index in [-0.39, 0.29) is 18.3 Å². The Labute approximate surface area is 139 Å². The van der Waals surface area contributed by atoms with Gasteiger partial charge in [-0.3, -0.25) is 4.79 Å². The Bertz CT molecular complexity index is 615. The summed E-state index contributed by atoms with van der Waals surface area (Å²) in [5, 5.41) is 1.92. The number of halogens is 1. The fourth-order valence-corrected chi connectivity index (χ4v) is 2.95. The van der Waals surface area contributed by atoms with Crippen LogP contribution in [-0.4, -0.2) is 54.1 Å². The first-order valence-electron chi connectivity index (χ1n) is 6.72. The molecule has 22 heavy (non-hydrogen) atoms. The molecule has 0 N–H and O–H groups in total. The van der Waals surface area contributed by atoms with Crippen LogP contribution in [0.3, 0.4) is 0 Å². The molecule has 3 heterocycles. The van der Waals surface area contributed by atoms with Crippen molar-refractivity contribution in [1.82, 2.24) is 14.9 Å². The minimum atomic E-state index is 0. The summed E-state index contributed by atoms with van der Waals surface area (Å²) >= 11 is 1.48. The van der Waals surface area contributed by atoms with E-state index in [1.165, 1.54) is 11.3 Å². The van der Waals surface area contributed by atoms with E-state index in [4.69, 9.17) is 4.74 Å². The highest BCUT2D eigenvalue weighted by molar-refractivity contribution is 7.12. The topological polar surface area (TPSA) is 58.6 Å². The first kappa shape index (κ1) is 16.5. The molecule has 8 heteroatoms. The van der Waals surface area contributed by atoms with E-state index in [9.17, 15) is 4.79 Å². The summed E-state index contributed by atoms with van der Waals surface area (Å²) in [4.78, 5) is 25.6. The summed E-state index contributed by atoms with van der Waals surface area (Å²) < 4.78 is 5.11. The lowest BCUT2D eigenvalue weighted by molar-refractivity contribution is 0.0751. The van der Waals surface area contributed by atoms with Gasteiger partial charge in [0.05, 0.1) is 12.0 Å². The van der Waals surface area contributed by atoms with Gasteiger partial charge in [-0.05, 0) is 11.4 Å². The molecule has 0 unspecified atom stereocenters. The van der Waals surface area contributed by atoms with Gasteiger partial charge < -0.3 is 14.5 Å². The number of rotatable bonds is 3. The summed E-state index contributed by atoms with van der Waals surface area (Å²) in [5.74, 6) is 1.31. The summed E-state index contributed by atoms with van der Waals surface area (Å²) in [5.41, 5.74) is 0. The Hall–Kier alpha value is -1.86. The Morgan fingerprint density at radius 1 is 1.27 bits per heavy atom. The fraction of sp³-hybridized carbons (Fsp3) is 0.357. The quantitative estimate of drug-likeness (QED) is 0.854. The molecule has 0 spiro atoms. The maximum atomic E-state index is 12.3. The van der Waals surface area contributed by atoms with Gasteiger partial charge in [-0.2, -0.15) is 4.98 Å². The number of ether oxygens (including phenoxy) is 1. The van der Waals surface area contributed by atoms with Gasteiger partial charge >= 0.3 is 0 Å². The van der Waals surface area contributed by atoms with Crippen molar-refractivity contribution in [2.75, 3.05) is 38.2 Å². The van der Waals surface area contributed by atoms with Gasteiger partial charge in [0.2, 0.25) is 11.8 Å². The number of methoxy groups -OCH3 is 1. The molecular formula is C14H17ClN4O2S. The van der Waals surface area contributed by atoms with Crippen molar-refractivity contribution in [3.8, 4) is 5.88 Å². The zero-order chi connectivity index (χ0) is 14.7. The van der Waals surface area contributed by atoms with Crippen molar-refractivity contribution < 1.29 is 9.53 Å². The number of thiophene rings is 1. The van der Waals surface area contributed by atoms with Crippen LogP contribution in [0.4, 0.5) is 5.95 Å². The van der Waals surface area contributed by atoms with Crippen LogP contribution in [0.25, 0.3) is 0 Å². The largest absolute Gasteiger partial charge is 0.481 e. The number of piperazine rings is 1.